The Labute approximate surface area is 125 Å². The zero-order valence-electron chi connectivity index (χ0n) is 14.1. The van der Waals surface area contributed by atoms with Gasteiger partial charge < -0.3 is 10.1 Å². The molecule has 2 rings (SSSR count). The fraction of sp³-hybridized carbons (Fsp3) is 1.00. The van der Waals surface area contributed by atoms with Gasteiger partial charge in [0.1, 0.15) is 0 Å². The number of rotatable bonds is 5. The molecule has 3 heteroatoms. The van der Waals surface area contributed by atoms with E-state index in [0.29, 0.717) is 23.8 Å². The minimum absolute atomic E-state index is 0.294. The zero-order chi connectivity index (χ0) is 14.8. The second kappa shape index (κ2) is 6.76. The lowest BCUT2D eigenvalue weighted by Crippen LogP contribution is -2.64. The van der Waals surface area contributed by atoms with Gasteiger partial charge in [-0.15, -0.1) is 0 Å². The Morgan fingerprint density at radius 3 is 2.65 bits per heavy atom. The molecule has 3 nitrogen and oxygen atoms in total. The van der Waals surface area contributed by atoms with E-state index >= 15 is 0 Å². The summed E-state index contributed by atoms with van der Waals surface area (Å²) in [5.41, 5.74) is 0.294. The minimum atomic E-state index is 0.294. The smallest absolute Gasteiger partial charge is 0.0706 e. The van der Waals surface area contributed by atoms with Crippen molar-refractivity contribution in [2.75, 3.05) is 19.6 Å². The van der Waals surface area contributed by atoms with Crippen LogP contribution in [0.1, 0.15) is 60.3 Å². The van der Waals surface area contributed by atoms with E-state index in [1.165, 1.54) is 32.2 Å². The summed E-state index contributed by atoms with van der Waals surface area (Å²) in [5, 5.41) is 3.77. The van der Waals surface area contributed by atoms with Crippen molar-refractivity contribution in [3.63, 3.8) is 0 Å². The average molecular weight is 282 g/mol. The molecule has 2 aliphatic rings. The Balaban J connectivity index is 1.96. The fourth-order valence-corrected chi connectivity index (χ4v) is 3.66. The van der Waals surface area contributed by atoms with Crippen LogP contribution in [-0.2, 0) is 4.74 Å². The normalized spacial score (nSPS) is 39.6. The van der Waals surface area contributed by atoms with E-state index in [0.717, 1.165) is 19.0 Å². The molecule has 0 amide bonds. The van der Waals surface area contributed by atoms with Crippen molar-refractivity contribution in [2.24, 2.45) is 5.92 Å². The van der Waals surface area contributed by atoms with Crippen molar-refractivity contribution in [1.82, 2.24) is 10.2 Å². The molecular weight excluding hydrogens is 248 g/mol. The largest absolute Gasteiger partial charge is 0.374 e. The molecule has 0 spiro atoms. The van der Waals surface area contributed by atoms with Crippen LogP contribution in [-0.4, -0.2) is 48.3 Å². The molecule has 0 bridgehead atoms. The van der Waals surface area contributed by atoms with Gasteiger partial charge in [-0.3, -0.25) is 4.90 Å². The van der Waals surface area contributed by atoms with E-state index in [2.05, 4.69) is 44.8 Å². The van der Waals surface area contributed by atoms with E-state index in [-0.39, 0.29) is 0 Å². The molecule has 2 heterocycles. The highest BCUT2D eigenvalue weighted by Gasteiger charge is 2.38. The second-order valence-electron chi connectivity index (χ2n) is 7.61. The quantitative estimate of drug-likeness (QED) is 0.839. The Morgan fingerprint density at radius 1 is 1.35 bits per heavy atom. The van der Waals surface area contributed by atoms with Crippen LogP contribution >= 0.6 is 0 Å². The summed E-state index contributed by atoms with van der Waals surface area (Å²) in [6.07, 6.45) is 5.86. The van der Waals surface area contributed by atoms with E-state index in [1.54, 1.807) is 0 Å². The van der Waals surface area contributed by atoms with Gasteiger partial charge in [0, 0.05) is 31.2 Å². The van der Waals surface area contributed by atoms with Crippen molar-refractivity contribution in [2.45, 2.75) is 84.1 Å². The van der Waals surface area contributed by atoms with Gasteiger partial charge in [0.05, 0.1) is 12.2 Å². The third-order valence-electron chi connectivity index (χ3n) is 5.24. The molecule has 2 fully saturated rings. The summed E-state index contributed by atoms with van der Waals surface area (Å²) in [6, 6.07) is 0.647. The Hall–Kier alpha value is -0.120. The maximum Gasteiger partial charge on any atom is 0.0706 e. The van der Waals surface area contributed by atoms with Crippen LogP contribution in [0.5, 0.6) is 0 Å². The average Bonchev–Trinajstić information content (AvgIpc) is 2.79. The highest BCUT2D eigenvalue weighted by molar-refractivity contribution is 4.96. The molecule has 1 N–H and O–H groups in total. The second-order valence-corrected chi connectivity index (χ2v) is 7.61. The van der Waals surface area contributed by atoms with Crippen LogP contribution in [0.2, 0.25) is 0 Å². The van der Waals surface area contributed by atoms with Crippen molar-refractivity contribution < 1.29 is 4.74 Å². The summed E-state index contributed by atoms with van der Waals surface area (Å²) in [4.78, 5) is 2.71. The van der Waals surface area contributed by atoms with Gasteiger partial charge in [-0.2, -0.15) is 0 Å². The molecule has 2 saturated heterocycles. The molecule has 2 aliphatic heterocycles. The van der Waals surface area contributed by atoms with Crippen LogP contribution in [0.3, 0.4) is 0 Å². The predicted molar refractivity (Wildman–Crippen MR) is 85.1 cm³/mol. The molecule has 0 radical (unpaired) electrons. The molecular formula is C17H34N2O. The minimum Gasteiger partial charge on any atom is -0.374 e. The fourth-order valence-electron chi connectivity index (χ4n) is 3.66. The first-order chi connectivity index (χ1) is 9.43. The summed E-state index contributed by atoms with van der Waals surface area (Å²) >= 11 is 0. The predicted octanol–water partition coefficient (Wildman–Crippen LogP) is 3.04. The number of ether oxygens (including phenoxy) is 1. The van der Waals surface area contributed by atoms with Gasteiger partial charge in [0.25, 0.3) is 0 Å². The standard InChI is InChI=1S/C17H34N2O/c1-6-17(5)12-18-15(9-13(2)3)10-19(17)11-16-8-7-14(4)20-16/h13-16,18H,6-12H2,1-5H3. The number of nitrogens with zero attached hydrogens (tertiary/aromatic N) is 1. The van der Waals surface area contributed by atoms with Crippen molar-refractivity contribution >= 4 is 0 Å². The summed E-state index contributed by atoms with van der Waals surface area (Å²) in [6.45, 7) is 15.0. The zero-order valence-corrected chi connectivity index (χ0v) is 14.1. The van der Waals surface area contributed by atoms with Crippen molar-refractivity contribution in [1.29, 1.82) is 0 Å². The molecule has 0 aromatic rings. The lowest BCUT2D eigenvalue weighted by Gasteiger charge is -2.49. The topological polar surface area (TPSA) is 24.5 Å². The third-order valence-corrected chi connectivity index (χ3v) is 5.24. The van der Waals surface area contributed by atoms with Gasteiger partial charge in [-0.1, -0.05) is 20.8 Å². The van der Waals surface area contributed by atoms with Crippen molar-refractivity contribution in [3.05, 3.63) is 0 Å². The molecule has 118 valence electrons. The van der Waals surface area contributed by atoms with E-state index in [4.69, 9.17) is 4.74 Å². The van der Waals surface area contributed by atoms with Crippen LogP contribution in [0, 0.1) is 5.92 Å². The van der Waals surface area contributed by atoms with E-state index in [9.17, 15) is 0 Å². The Kier molecular flexibility index (Phi) is 5.49. The first-order valence-electron chi connectivity index (χ1n) is 8.57. The molecule has 0 aromatic carbocycles. The first-order valence-corrected chi connectivity index (χ1v) is 8.57. The number of piperazine rings is 1. The van der Waals surface area contributed by atoms with Crippen molar-refractivity contribution in [3.8, 4) is 0 Å². The monoisotopic (exact) mass is 282 g/mol. The van der Waals surface area contributed by atoms with Gasteiger partial charge in [-0.05, 0) is 45.4 Å². The Bertz CT molecular complexity index is 307. The maximum absolute atomic E-state index is 6.06. The summed E-state index contributed by atoms with van der Waals surface area (Å²) in [7, 11) is 0. The molecule has 20 heavy (non-hydrogen) atoms. The van der Waals surface area contributed by atoms with Gasteiger partial charge in [0.15, 0.2) is 0 Å². The van der Waals surface area contributed by atoms with Crippen LogP contribution in [0.4, 0.5) is 0 Å². The third kappa shape index (κ3) is 3.96. The molecule has 4 atom stereocenters. The van der Waals surface area contributed by atoms with Gasteiger partial charge in [0.2, 0.25) is 0 Å². The highest BCUT2D eigenvalue weighted by atomic mass is 16.5. The van der Waals surface area contributed by atoms with E-state index in [1.807, 2.05) is 0 Å². The van der Waals surface area contributed by atoms with Gasteiger partial charge in [-0.25, -0.2) is 0 Å². The summed E-state index contributed by atoms with van der Waals surface area (Å²) in [5.74, 6) is 0.767. The lowest BCUT2D eigenvalue weighted by molar-refractivity contribution is -0.0201. The maximum atomic E-state index is 6.06. The molecule has 0 aliphatic carbocycles. The number of hydrogen-bond donors (Lipinski definition) is 1. The van der Waals surface area contributed by atoms with Crippen LogP contribution in [0.15, 0.2) is 0 Å². The number of hydrogen-bond acceptors (Lipinski definition) is 3. The first kappa shape index (κ1) is 16.3. The van der Waals surface area contributed by atoms with Gasteiger partial charge >= 0.3 is 0 Å². The Morgan fingerprint density at radius 2 is 2.10 bits per heavy atom. The van der Waals surface area contributed by atoms with Crippen LogP contribution < -0.4 is 5.32 Å². The van der Waals surface area contributed by atoms with Crippen LogP contribution in [0.25, 0.3) is 0 Å². The summed E-state index contributed by atoms with van der Waals surface area (Å²) < 4.78 is 6.06. The van der Waals surface area contributed by atoms with E-state index < -0.39 is 0 Å². The highest BCUT2D eigenvalue weighted by Crippen LogP contribution is 2.28. The SMILES string of the molecule is CCC1(C)CNC(CC(C)C)CN1CC1CCC(C)O1. The molecule has 0 aromatic heterocycles. The lowest BCUT2D eigenvalue weighted by atomic mass is 9.89. The molecule has 0 saturated carbocycles. The molecule has 4 unspecified atom stereocenters. The number of nitrogens with one attached hydrogen (secondary N) is 1.